The van der Waals surface area contributed by atoms with Crippen LogP contribution in [0.15, 0.2) is 48.5 Å². The van der Waals surface area contributed by atoms with Gasteiger partial charge in [0.05, 0.1) is 0 Å². The van der Waals surface area contributed by atoms with Gasteiger partial charge < -0.3 is 20.3 Å². The van der Waals surface area contributed by atoms with E-state index in [9.17, 15) is 9.90 Å². The summed E-state index contributed by atoms with van der Waals surface area (Å²) >= 11 is 0. The molecule has 2 aromatic rings. The second-order valence-corrected chi connectivity index (χ2v) is 6.15. The molecule has 0 fully saturated rings. The molecule has 0 heterocycles. The molecule has 5 heteroatoms. The number of phenolic OH excluding ortho intramolecular Hbond substituents is 1. The smallest absolute Gasteiger partial charge is 0.347 e. The number of aromatic hydroxyl groups is 1. The minimum Gasteiger partial charge on any atom is -0.508 e. The van der Waals surface area contributed by atoms with Crippen LogP contribution in [-0.2, 0) is 17.8 Å². The van der Waals surface area contributed by atoms with Crippen LogP contribution in [0.1, 0.15) is 25.0 Å². The van der Waals surface area contributed by atoms with E-state index >= 15 is 0 Å². The number of hydrogen-bond acceptors (Lipinski definition) is 4. The predicted octanol–water partition coefficient (Wildman–Crippen LogP) is 2.97. The average molecular weight is 329 g/mol. The van der Waals surface area contributed by atoms with Crippen molar-refractivity contribution in [1.29, 1.82) is 0 Å². The molecule has 2 aromatic carbocycles. The maximum atomic E-state index is 11.1. The average Bonchev–Trinajstić information content (AvgIpc) is 2.54. The quantitative estimate of drug-likeness (QED) is 0.649. The number of hydrogen-bond donors (Lipinski definition) is 3. The molecule has 0 aliphatic heterocycles. The number of benzene rings is 2. The topological polar surface area (TPSA) is 78.8 Å². The van der Waals surface area contributed by atoms with Crippen molar-refractivity contribution in [3.8, 4) is 11.5 Å². The molecule has 0 spiro atoms. The first-order chi connectivity index (χ1) is 11.4. The Kier molecular flexibility index (Phi) is 5.82. The van der Waals surface area contributed by atoms with E-state index in [0.717, 1.165) is 30.6 Å². The number of nitrogens with one attached hydrogen (secondary N) is 1. The van der Waals surface area contributed by atoms with Crippen molar-refractivity contribution in [3.05, 3.63) is 59.7 Å². The number of carbonyl (C=O) groups is 1. The van der Waals surface area contributed by atoms with E-state index in [0.29, 0.717) is 5.75 Å². The normalized spacial score (nSPS) is 11.2. The zero-order valence-corrected chi connectivity index (χ0v) is 14.0. The molecule has 24 heavy (non-hydrogen) atoms. The third-order valence-corrected chi connectivity index (χ3v) is 3.67. The van der Waals surface area contributed by atoms with E-state index in [-0.39, 0.29) is 5.75 Å². The van der Waals surface area contributed by atoms with Gasteiger partial charge in [0, 0.05) is 6.54 Å². The Morgan fingerprint density at radius 3 is 2.21 bits per heavy atom. The lowest BCUT2D eigenvalue weighted by molar-refractivity contribution is -0.152. The number of carboxylic acid groups (broad SMARTS) is 1. The molecule has 128 valence electrons. The Hall–Kier alpha value is -2.53. The molecule has 3 N–H and O–H groups in total. The lowest BCUT2D eigenvalue weighted by Gasteiger charge is -2.21. The maximum Gasteiger partial charge on any atom is 0.347 e. The van der Waals surface area contributed by atoms with Crippen molar-refractivity contribution < 1.29 is 19.7 Å². The maximum absolute atomic E-state index is 11.1. The van der Waals surface area contributed by atoms with Gasteiger partial charge >= 0.3 is 5.97 Å². The van der Waals surface area contributed by atoms with Gasteiger partial charge in [0.15, 0.2) is 5.60 Å². The molecule has 0 bridgehead atoms. The molecule has 2 rings (SSSR count). The van der Waals surface area contributed by atoms with Gasteiger partial charge in [0.1, 0.15) is 11.5 Å². The summed E-state index contributed by atoms with van der Waals surface area (Å²) in [4.78, 5) is 11.1. The van der Waals surface area contributed by atoms with Crippen molar-refractivity contribution in [3.63, 3.8) is 0 Å². The van der Waals surface area contributed by atoms with Crippen LogP contribution < -0.4 is 10.1 Å². The Balaban J connectivity index is 1.77. The molecule has 0 saturated carbocycles. The van der Waals surface area contributed by atoms with Gasteiger partial charge in [0.2, 0.25) is 0 Å². The summed E-state index contributed by atoms with van der Waals surface area (Å²) in [7, 11) is 0. The Morgan fingerprint density at radius 2 is 1.62 bits per heavy atom. The molecule has 0 radical (unpaired) electrons. The predicted molar refractivity (Wildman–Crippen MR) is 92.3 cm³/mol. The second-order valence-electron chi connectivity index (χ2n) is 6.15. The van der Waals surface area contributed by atoms with Crippen molar-refractivity contribution in [1.82, 2.24) is 5.32 Å². The van der Waals surface area contributed by atoms with Crippen LogP contribution in [0.2, 0.25) is 0 Å². The fourth-order valence-electron chi connectivity index (χ4n) is 2.14. The van der Waals surface area contributed by atoms with Crippen molar-refractivity contribution in [2.45, 2.75) is 32.4 Å². The molecule has 0 amide bonds. The van der Waals surface area contributed by atoms with Gasteiger partial charge in [-0.05, 0) is 62.2 Å². The third kappa shape index (κ3) is 5.28. The van der Waals surface area contributed by atoms with Crippen molar-refractivity contribution >= 4 is 5.97 Å². The lowest BCUT2D eigenvalue weighted by atomic mass is 10.1. The molecule has 0 unspecified atom stereocenters. The SMILES string of the molecule is CC(C)(Oc1ccc(CCNCc2ccc(O)cc2)cc1)C(=O)O. The third-order valence-electron chi connectivity index (χ3n) is 3.67. The van der Waals surface area contributed by atoms with Crippen LogP contribution >= 0.6 is 0 Å². The van der Waals surface area contributed by atoms with Crippen LogP contribution in [0.4, 0.5) is 0 Å². The van der Waals surface area contributed by atoms with Gasteiger partial charge in [-0.1, -0.05) is 24.3 Å². The Bertz CT molecular complexity index is 663. The fourth-order valence-corrected chi connectivity index (χ4v) is 2.14. The molecular weight excluding hydrogens is 306 g/mol. The number of carboxylic acids is 1. The fraction of sp³-hybridized carbons (Fsp3) is 0.316. The summed E-state index contributed by atoms with van der Waals surface area (Å²) in [6, 6.07) is 14.6. The zero-order valence-electron chi connectivity index (χ0n) is 14.0. The number of aliphatic carboxylic acids is 1. The van der Waals surface area contributed by atoms with Crippen LogP contribution in [0, 0.1) is 0 Å². The zero-order chi connectivity index (χ0) is 17.6. The molecular formula is C19H23NO4. The van der Waals surface area contributed by atoms with Gasteiger partial charge in [-0.25, -0.2) is 4.79 Å². The van der Waals surface area contributed by atoms with E-state index in [1.54, 1.807) is 24.3 Å². The van der Waals surface area contributed by atoms with Gasteiger partial charge in [0.25, 0.3) is 0 Å². The van der Waals surface area contributed by atoms with Gasteiger partial charge in [-0.15, -0.1) is 0 Å². The Morgan fingerprint density at radius 1 is 1.04 bits per heavy atom. The molecule has 0 atom stereocenters. The highest BCUT2D eigenvalue weighted by molar-refractivity contribution is 5.76. The number of rotatable bonds is 8. The lowest BCUT2D eigenvalue weighted by Crippen LogP contribution is -2.37. The van der Waals surface area contributed by atoms with Gasteiger partial charge in [-0.3, -0.25) is 0 Å². The molecule has 0 saturated heterocycles. The highest BCUT2D eigenvalue weighted by Gasteiger charge is 2.29. The molecule has 0 aliphatic carbocycles. The molecule has 0 aliphatic rings. The van der Waals surface area contributed by atoms with Crippen LogP contribution in [0.5, 0.6) is 11.5 Å². The summed E-state index contributed by atoms with van der Waals surface area (Å²) in [5, 5.41) is 21.6. The highest BCUT2D eigenvalue weighted by Crippen LogP contribution is 2.19. The van der Waals surface area contributed by atoms with E-state index in [1.807, 2.05) is 24.3 Å². The second kappa shape index (κ2) is 7.84. The molecule has 5 nitrogen and oxygen atoms in total. The van der Waals surface area contributed by atoms with Crippen LogP contribution in [0.25, 0.3) is 0 Å². The van der Waals surface area contributed by atoms with E-state index in [4.69, 9.17) is 9.84 Å². The Labute approximate surface area is 141 Å². The monoisotopic (exact) mass is 329 g/mol. The minimum absolute atomic E-state index is 0.270. The van der Waals surface area contributed by atoms with E-state index in [2.05, 4.69) is 5.32 Å². The van der Waals surface area contributed by atoms with E-state index in [1.165, 1.54) is 13.8 Å². The summed E-state index contributed by atoms with van der Waals surface area (Å²) < 4.78 is 5.48. The first-order valence-corrected chi connectivity index (χ1v) is 7.87. The standard InChI is InChI=1S/C19H23NO4/c1-19(2,18(22)23)24-17-9-5-14(6-10-17)11-12-20-13-15-3-7-16(21)8-4-15/h3-10,20-21H,11-13H2,1-2H3,(H,22,23). The summed E-state index contributed by atoms with van der Waals surface area (Å²) in [6.45, 7) is 4.61. The van der Waals surface area contributed by atoms with Gasteiger partial charge in [-0.2, -0.15) is 0 Å². The summed E-state index contributed by atoms with van der Waals surface area (Å²) in [6.07, 6.45) is 0.862. The first-order valence-electron chi connectivity index (χ1n) is 7.87. The van der Waals surface area contributed by atoms with Crippen LogP contribution in [-0.4, -0.2) is 28.3 Å². The number of ether oxygens (including phenoxy) is 1. The minimum atomic E-state index is -1.24. The first kappa shape index (κ1) is 17.8. The van der Waals surface area contributed by atoms with Crippen molar-refractivity contribution in [2.75, 3.05) is 6.54 Å². The largest absolute Gasteiger partial charge is 0.508 e. The van der Waals surface area contributed by atoms with Crippen molar-refractivity contribution in [2.24, 2.45) is 0 Å². The van der Waals surface area contributed by atoms with Crippen LogP contribution in [0.3, 0.4) is 0 Å². The highest BCUT2D eigenvalue weighted by atomic mass is 16.5. The molecule has 0 aromatic heterocycles. The number of phenols is 1. The summed E-state index contributed by atoms with van der Waals surface area (Å²) in [5.74, 6) is -0.180. The summed E-state index contributed by atoms with van der Waals surface area (Å²) in [5.41, 5.74) is 1.02. The van der Waals surface area contributed by atoms with E-state index < -0.39 is 11.6 Å².